The van der Waals surface area contributed by atoms with E-state index in [9.17, 15) is 9.90 Å². The Morgan fingerprint density at radius 2 is 2.21 bits per heavy atom. The number of aryl methyl sites for hydroxylation is 1. The number of carboxylic acid groups (broad SMARTS) is 1. The van der Waals surface area contributed by atoms with Crippen molar-refractivity contribution in [2.45, 2.75) is 26.2 Å². The van der Waals surface area contributed by atoms with Crippen LogP contribution in [0.15, 0.2) is 18.2 Å². The van der Waals surface area contributed by atoms with Crippen molar-refractivity contribution in [1.29, 1.82) is 0 Å². The number of carboxylic acids is 1. The van der Waals surface area contributed by atoms with Gasteiger partial charge in [-0.05, 0) is 43.2 Å². The molecule has 4 heteroatoms. The monoisotopic (exact) mass is 263 g/mol. The predicted octanol–water partition coefficient (Wildman–Crippen LogP) is 2.92. The first-order valence-electron chi connectivity index (χ1n) is 6.64. The van der Waals surface area contributed by atoms with Crippen LogP contribution in [0.2, 0.25) is 0 Å². The quantitative estimate of drug-likeness (QED) is 0.794. The third-order valence-corrected chi connectivity index (χ3v) is 3.94. The molecule has 0 heterocycles. The summed E-state index contributed by atoms with van der Waals surface area (Å²) in [6.07, 6.45) is 3.42. The first-order valence-corrected chi connectivity index (χ1v) is 6.64. The van der Waals surface area contributed by atoms with Crippen molar-refractivity contribution in [3.8, 4) is 0 Å². The van der Waals surface area contributed by atoms with Gasteiger partial charge in [0.1, 0.15) is 0 Å². The van der Waals surface area contributed by atoms with Crippen LogP contribution in [0.25, 0.3) is 0 Å². The minimum Gasteiger partial charge on any atom is -0.478 e. The van der Waals surface area contributed by atoms with E-state index >= 15 is 0 Å². The lowest BCUT2D eigenvalue weighted by molar-refractivity contribution is 0.0697. The zero-order valence-electron chi connectivity index (χ0n) is 11.5. The SMILES string of the molecule is COCCC1(CNc2c(C)cccc2C(=O)O)CC1. The number of ether oxygens (including phenoxy) is 1. The average molecular weight is 263 g/mol. The maximum Gasteiger partial charge on any atom is 0.337 e. The van der Waals surface area contributed by atoms with Crippen molar-refractivity contribution in [1.82, 2.24) is 0 Å². The number of hydrogen-bond donors (Lipinski definition) is 2. The second-order valence-electron chi connectivity index (χ2n) is 5.40. The highest BCUT2D eigenvalue weighted by Crippen LogP contribution is 2.48. The largest absolute Gasteiger partial charge is 0.478 e. The van der Waals surface area contributed by atoms with E-state index in [4.69, 9.17) is 4.74 Å². The number of carbonyl (C=O) groups is 1. The molecule has 0 radical (unpaired) electrons. The molecule has 1 aliphatic rings. The van der Waals surface area contributed by atoms with Crippen LogP contribution in [0.4, 0.5) is 5.69 Å². The molecule has 0 saturated heterocycles. The number of benzene rings is 1. The summed E-state index contributed by atoms with van der Waals surface area (Å²) in [7, 11) is 1.72. The molecule has 1 aromatic rings. The Hall–Kier alpha value is -1.55. The molecular formula is C15H21NO3. The lowest BCUT2D eigenvalue weighted by Gasteiger charge is -2.19. The summed E-state index contributed by atoms with van der Waals surface area (Å²) in [6, 6.07) is 5.36. The molecule has 104 valence electrons. The van der Waals surface area contributed by atoms with Crippen LogP contribution in [0.3, 0.4) is 0 Å². The first kappa shape index (κ1) is 13.9. The molecule has 1 aliphatic carbocycles. The van der Waals surface area contributed by atoms with Gasteiger partial charge in [-0.15, -0.1) is 0 Å². The minimum absolute atomic E-state index is 0.300. The highest BCUT2D eigenvalue weighted by atomic mass is 16.5. The summed E-state index contributed by atoms with van der Waals surface area (Å²) in [5, 5.41) is 12.6. The molecule has 0 bridgehead atoms. The van der Waals surface area contributed by atoms with Crippen molar-refractivity contribution in [2.75, 3.05) is 25.6 Å². The molecule has 0 unspecified atom stereocenters. The summed E-state index contributed by atoms with van der Waals surface area (Å²) in [5.74, 6) is -0.882. The summed E-state index contributed by atoms with van der Waals surface area (Å²) in [4.78, 5) is 11.2. The van der Waals surface area contributed by atoms with Crippen molar-refractivity contribution in [2.24, 2.45) is 5.41 Å². The lowest BCUT2D eigenvalue weighted by Crippen LogP contribution is -2.19. The first-order chi connectivity index (χ1) is 9.08. The van der Waals surface area contributed by atoms with E-state index in [0.29, 0.717) is 11.0 Å². The molecule has 0 atom stereocenters. The standard InChI is InChI=1S/C15H21NO3/c1-11-4-3-5-12(14(17)18)13(11)16-10-15(6-7-15)8-9-19-2/h3-5,16H,6-10H2,1-2H3,(H,17,18). The molecular weight excluding hydrogens is 242 g/mol. The Labute approximate surface area is 113 Å². The Bertz CT molecular complexity index is 466. The zero-order chi connectivity index (χ0) is 13.9. The van der Waals surface area contributed by atoms with Crippen molar-refractivity contribution in [3.05, 3.63) is 29.3 Å². The number of rotatable bonds is 7. The third kappa shape index (κ3) is 3.26. The molecule has 1 aromatic carbocycles. The Morgan fingerprint density at radius 3 is 2.79 bits per heavy atom. The number of para-hydroxylation sites is 1. The van der Waals surface area contributed by atoms with Crippen LogP contribution in [0.5, 0.6) is 0 Å². The number of hydrogen-bond acceptors (Lipinski definition) is 3. The predicted molar refractivity (Wildman–Crippen MR) is 74.8 cm³/mol. The number of methoxy groups -OCH3 is 1. The fraction of sp³-hybridized carbons (Fsp3) is 0.533. The summed E-state index contributed by atoms with van der Waals surface area (Å²) in [6.45, 7) is 3.52. The maximum atomic E-state index is 11.2. The Balaban J connectivity index is 2.05. The Kier molecular flexibility index (Phi) is 4.10. The molecule has 1 fully saturated rings. The zero-order valence-corrected chi connectivity index (χ0v) is 11.5. The number of anilines is 1. The van der Waals surface area contributed by atoms with Gasteiger partial charge in [0.2, 0.25) is 0 Å². The van der Waals surface area contributed by atoms with Gasteiger partial charge >= 0.3 is 5.97 Å². The highest BCUT2D eigenvalue weighted by molar-refractivity contribution is 5.95. The van der Waals surface area contributed by atoms with E-state index in [0.717, 1.165) is 30.8 Å². The normalized spacial score (nSPS) is 16.1. The molecule has 0 aromatic heterocycles. The van der Waals surface area contributed by atoms with Gasteiger partial charge in [-0.25, -0.2) is 4.79 Å². The van der Waals surface area contributed by atoms with Gasteiger partial charge in [0.15, 0.2) is 0 Å². The molecule has 19 heavy (non-hydrogen) atoms. The molecule has 0 amide bonds. The van der Waals surface area contributed by atoms with Crippen molar-refractivity contribution < 1.29 is 14.6 Å². The summed E-state index contributed by atoms with van der Waals surface area (Å²) in [5.41, 5.74) is 2.37. The van der Waals surface area contributed by atoms with E-state index < -0.39 is 5.97 Å². The molecule has 2 N–H and O–H groups in total. The van der Waals surface area contributed by atoms with Gasteiger partial charge in [-0.2, -0.15) is 0 Å². The van der Waals surface area contributed by atoms with E-state index in [1.165, 1.54) is 12.8 Å². The second kappa shape index (κ2) is 5.61. The topological polar surface area (TPSA) is 58.6 Å². The summed E-state index contributed by atoms with van der Waals surface area (Å²) < 4.78 is 5.13. The molecule has 1 saturated carbocycles. The third-order valence-electron chi connectivity index (χ3n) is 3.94. The summed E-state index contributed by atoms with van der Waals surface area (Å²) >= 11 is 0. The highest BCUT2D eigenvalue weighted by Gasteiger charge is 2.41. The Morgan fingerprint density at radius 1 is 1.47 bits per heavy atom. The van der Waals surface area contributed by atoms with Gasteiger partial charge in [0, 0.05) is 20.3 Å². The van der Waals surface area contributed by atoms with E-state index in [2.05, 4.69) is 5.32 Å². The van der Waals surface area contributed by atoms with Crippen LogP contribution < -0.4 is 5.32 Å². The maximum absolute atomic E-state index is 11.2. The van der Waals surface area contributed by atoms with Crippen LogP contribution in [-0.4, -0.2) is 31.3 Å². The van der Waals surface area contributed by atoms with Crippen molar-refractivity contribution >= 4 is 11.7 Å². The molecule has 2 rings (SSSR count). The van der Waals surface area contributed by atoms with Crippen LogP contribution in [0, 0.1) is 12.3 Å². The number of nitrogens with one attached hydrogen (secondary N) is 1. The molecule has 0 spiro atoms. The van der Waals surface area contributed by atoms with Crippen LogP contribution in [0.1, 0.15) is 35.2 Å². The van der Waals surface area contributed by atoms with Crippen LogP contribution >= 0.6 is 0 Å². The smallest absolute Gasteiger partial charge is 0.337 e. The van der Waals surface area contributed by atoms with E-state index in [-0.39, 0.29) is 0 Å². The fourth-order valence-corrected chi connectivity index (χ4v) is 2.37. The second-order valence-corrected chi connectivity index (χ2v) is 5.40. The van der Waals surface area contributed by atoms with Gasteiger partial charge in [0.25, 0.3) is 0 Å². The van der Waals surface area contributed by atoms with Gasteiger partial charge in [-0.1, -0.05) is 12.1 Å². The molecule has 0 aliphatic heterocycles. The number of aromatic carboxylic acids is 1. The van der Waals surface area contributed by atoms with Crippen LogP contribution in [-0.2, 0) is 4.74 Å². The fourth-order valence-electron chi connectivity index (χ4n) is 2.37. The van der Waals surface area contributed by atoms with E-state index in [1.807, 2.05) is 13.0 Å². The van der Waals surface area contributed by atoms with E-state index in [1.54, 1.807) is 19.2 Å². The van der Waals surface area contributed by atoms with Gasteiger partial charge in [-0.3, -0.25) is 0 Å². The molecule has 4 nitrogen and oxygen atoms in total. The average Bonchev–Trinajstić information content (AvgIpc) is 3.15. The van der Waals surface area contributed by atoms with Gasteiger partial charge < -0.3 is 15.2 Å². The lowest BCUT2D eigenvalue weighted by atomic mass is 10.0. The minimum atomic E-state index is -0.882. The van der Waals surface area contributed by atoms with Gasteiger partial charge in [0.05, 0.1) is 11.3 Å². The van der Waals surface area contributed by atoms with Crippen molar-refractivity contribution in [3.63, 3.8) is 0 Å².